The van der Waals surface area contributed by atoms with Crippen molar-refractivity contribution in [2.45, 2.75) is 44.8 Å². The van der Waals surface area contributed by atoms with Gasteiger partial charge < -0.3 is 24.3 Å². The Morgan fingerprint density at radius 3 is 2.35 bits per heavy atom. The molecule has 2 saturated heterocycles. The van der Waals surface area contributed by atoms with Gasteiger partial charge in [0, 0.05) is 32.7 Å². The number of amides is 1. The number of carboxylic acid groups (broad SMARTS) is 1. The van der Waals surface area contributed by atoms with Crippen LogP contribution in [-0.2, 0) is 14.3 Å². The van der Waals surface area contributed by atoms with Crippen LogP contribution in [-0.4, -0.2) is 72.4 Å². The van der Waals surface area contributed by atoms with Crippen molar-refractivity contribution < 1.29 is 53.7 Å². The molecule has 8 heteroatoms. The van der Waals surface area contributed by atoms with E-state index in [4.69, 9.17) is 9.47 Å². The molecule has 0 unspecified atom stereocenters. The van der Waals surface area contributed by atoms with Crippen LogP contribution in [0.3, 0.4) is 0 Å². The topological polar surface area (TPSA) is 82.1 Å². The Morgan fingerprint density at radius 2 is 1.83 bits per heavy atom. The summed E-state index contributed by atoms with van der Waals surface area (Å²) in [5.74, 6) is -1.07. The van der Waals surface area contributed by atoms with E-state index in [-0.39, 0.29) is 47.8 Å². The second-order valence-corrected chi connectivity index (χ2v) is 7.08. The molecule has 2 rings (SSSR count). The van der Waals surface area contributed by atoms with Gasteiger partial charge in [0.25, 0.3) is 0 Å². The Hall–Kier alpha value is -0.340. The van der Waals surface area contributed by atoms with E-state index >= 15 is 0 Å². The van der Waals surface area contributed by atoms with E-state index in [0.29, 0.717) is 45.6 Å². The van der Waals surface area contributed by atoms with Crippen LogP contribution >= 0.6 is 0 Å². The summed E-state index contributed by atoms with van der Waals surface area (Å²) in [6.45, 7) is 8.28. The predicted molar refractivity (Wildman–Crippen MR) is 77.2 cm³/mol. The first-order chi connectivity index (χ1) is 10.2. The monoisotopic (exact) mass is 336 g/mol. The molecule has 7 nitrogen and oxygen atoms in total. The molecule has 23 heavy (non-hydrogen) atoms. The van der Waals surface area contributed by atoms with E-state index in [2.05, 4.69) is 0 Å². The van der Waals surface area contributed by atoms with Gasteiger partial charge in [0.1, 0.15) is 5.60 Å². The van der Waals surface area contributed by atoms with Crippen LogP contribution in [0.1, 0.15) is 33.6 Å². The minimum Gasteiger partial charge on any atom is -0.549 e. The molecule has 0 aliphatic carbocycles. The summed E-state index contributed by atoms with van der Waals surface area (Å²) >= 11 is 0. The molecule has 0 radical (unpaired) electrons. The average Bonchev–Trinajstić information content (AvgIpc) is 2.36. The first-order valence-electron chi connectivity index (χ1n) is 7.73. The number of nitrogens with zero attached hydrogens (tertiary/aromatic N) is 2. The first kappa shape index (κ1) is 20.7. The molecule has 1 spiro atoms. The summed E-state index contributed by atoms with van der Waals surface area (Å²) in [4.78, 5) is 26.4. The number of aliphatic carboxylic acids is 1. The SMILES string of the molecule is CC(C)(C)OC(=O)N1CCC2(CC1)CN(CC(=O)[O-])CCO2.[Na+]. The van der Waals surface area contributed by atoms with Gasteiger partial charge in [-0.1, -0.05) is 0 Å². The summed E-state index contributed by atoms with van der Waals surface area (Å²) in [5.41, 5.74) is -0.856. The van der Waals surface area contributed by atoms with Crippen LogP contribution < -0.4 is 34.7 Å². The van der Waals surface area contributed by atoms with Crippen LogP contribution in [0.4, 0.5) is 4.79 Å². The van der Waals surface area contributed by atoms with Crippen LogP contribution in [0.25, 0.3) is 0 Å². The molecule has 0 aromatic rings. The molecule has 2 fully saturated rings. The van der Waals surface area contributed by atoms with Gasteiger partial charge in [0.05, 0.1) is 18.2 Å². The van der Waals surface area contributed by atoms with Crippen molar-refractivity contribution in [1.29, 1.82) is 0 Å². The van der Waals surface area contributed by atoms with Gasteiger partial charge in [-0.2, -0.15) is 0 Å². The van der Waals surface area contributed by atoms with Gasteiger partial charge >= 0.3 is 35.7 Å². The number of carboxylic acids is 1. The summed E-state index contributed by atoms with van der Waals surface area (Å²) in [7, 11) is 0. The molecule has 2 aliphatic rings. The smallest absolute Gasteiger partial charge is 0.549 e. The zero-order valence-corrected chi connectivity index (χ0v) is 16.6. The number of ether oxygens (including phenoxy) is 2. The minimum absolute atomic E-state index is 0. The summed E-state index contributed by atoms with van der Waals surface area (Å²) in [6.07, 6.45) is 1.08. The molecule has 2 heterocycles. The summed E-state index contributed by atoms with van der Waals surface area (Å²) in [6, 6.07) is 0. The summed E-state index contributed by atoms with van der Waals surface area (Å²) < 4.78 is 11.3. The average molecular weight is 336 g/mol. The zero-order chi connectivity index (χ0) is 16.4. The van der Waals surface area contributed by atoms with Crippen molar-refractivity contribution in [3.63, 3.8) is 0 Å². The molecule has 0 aromatic heterocycles. The Balaban J connectivity index is 0.00000264. The molecule has 0 saturated carbocycles. The number of carbonyl (C=O) groups excluding carboxylic acids is 2. The fourth-order valence-electron chi connectivity index (χ4n) is 2.97. The number of likely N-dealkylation sites (tertiary alicyclic amines) is 1. The predicted octanol–water partition coefficient (Wildman–Crippen LogP) is -3.16. The second kappa shape index (κ2) is 8.16. The number of morpholine rings is 1. The van der Waals surface area contributed by atoms with E-state index in [0.717, 1.165) is 0 Å². The van der Waals surface area contributed by atoms with Gasteiger partial charge in [0.15, 0.2) is 0 Å². The minimum atomic E-state index is -1.07. The summed E-state index contributed by atoms with van der Waals surface area (Å²) in [5, 5.41) is 10.7. The maximum atomic E-state index is 12.1. The standard InChI is InChI=1S/C15H26N2O5.Na/c1-14(2,3)22-13(20)17-6-4-15(5-7-17)11-16(8-9-21-15)10-12(18)19;/h4-11H2,1-3H3,(H,18,19);/q;+1/p-1. The van der Waals surface area contributed by atoms with Crippen molar-refractivity contribution in [3.05, 3.63) is 0 Å². The molecule has 1 amide bonds. The number of hydrogen-bond donors (Lipinski definition) is 0. The molecular weight excluding hydrogens is 311 g/mol. The molecule has 0 bridgehead atoms. The van der Waals surface area contributed by atoms with E-state index in [9.17, 15) is 14.7 Å². The maximum absolute atomic E-state index is 12.1. The molecular formula is C15H25N2NaO5. The third-order valence-corrected chi connectivity index (χ3v) is 4.01. The van der Waals surface area contributed by atoms with Crippen LogP contribution in [0, 0.1) is 0 Å². The third kappa shape index (κ3) is 6.23. The van der Waals surface area contributed by atoms with Gasteiger partial charge in [-0.05, 0) is 33.6 Å². The maximum Gasteiger partial charge on any atom is 1.00 e. The quantitative estimate of drug-likeness (QED) is 0.495. The Morgan fingerprint density at radius 1 is 1.22 bits per heavy atom. The van der Waals surface area contributed by atoms with Crippen LogP contribution in [0.15, 0.2) is 0 Å². The molecule has 2 aliphatic heterocycles. The second-order valence-electron chi connectivity index (χ2n) is 7.08. The van der Waals surface area contributed by atoms with Crippen molar-refractivity contribution in [2.75, 3.05) is 39.3 Å². The number of piperidine rings is 1. The Kier molecular flexibility index (Phi) is 7.35. The fourth-order valence-corrected chi connectivity index (χ4v) is 2.97. The van der Waals surface area contributed by atoms with Gasteiger partial charge in [-0.25, -0.2) is 4.79 Å². The van der Waals surface area contributed by atoms with E-state index in [1.807, 2.05) is 25.7 Å². The molecule has 0 atom stereocenters. The van der Waals surface area contributed by atoms with Crippen molar-refractivity contribution in [3.8, 4) is 0 Å². The van der Waals surface area contributed by atoms with E-state index in [1.54, 1.807) is 4.90 Å². The van der Waals surface area contributed by atoms with Gasteiger partial charge in [-0.3, -0.25) is 4.90 Å². The zero-order valence-electron chi connectivity index (χ0n) is 14.6. The molecule has 0 aromatic carbocycles. The van der Waals surface area contributed by atoms with Crippen molar-refractivity contribution in [1.82, 2.24) is 9.80 Å². The number of rotatable bonds is 2. The van der Waals surface area contributed by atoms with Crippen molar-refractivity contribution in [2.24, 2.45) is 0 Å². The molecule has 0 N–H and O–H groups in total. The third-order valence-electron chi connectivity index (χ3n) is 4.01. The number of carbonyl (C=O) groups is 2. The normalized spacial score (nSPS) is 21.6. The fraction of sp³-hybridized carbons (Fsp3) is 0.867. The Bertz CT molecular complexity index is 430. The largest absolute Gasteiger partial charge is 1.00 e. The van der Waals surface area contributed by atoms with Crippen LogP contribution in [0.2, 0.25) is 0 Å². The van der Waals surface area contributed by atoms with E-state index < -0.39 is 11.6 Å². The Labute approximate surface area is 159 Å². The number of hydrogen-bond acceptors (Lipinski definition) is 6. The van der Waals surface area contributed by atoms with Crippen LogP contribution in [0.5, 0.6) is 0 Å². The van der Waals surface area contributed by atoms with Gasteiger partial charge in [0.2, 0.25) is 0 Å². The van der Waals surface area contributed by atoms with Crippen molar-refractivity contribution >= 4 is 12.1 Å². The van der Waals surface area contributed by atoms with Gasteiger partial charge in [-0.15, -0.1) is 0 Å². The van der Waals surface area contributed by atoms with E-state index in [1.165, 1.54) is 0 Å². The first-order valence-corrected chi connectivity index (χ1v) is 7.73. The molecule has 126 valence electrons.